The van der Waals surface area contributed by atoms with Gasteiger partial charge in [-0.2, -0.15) is 0 Å². The molecule has 0 aliphatic carbocycles. The topological polar surface area (TPSA) is 26.3 Å². The smallest absolute Gasteiger partial charge is 0.302 e. The maximum atomic E-state index is 10.8. The number of ether oxygens (including phenoxy) is 1. The first-order chi connectivity index (χ1) is 5.44. The van der Waals surface area contributed by atoms with Gasteiger partial charge in [0.05, 0.1) is 0 Å². The number of hydrogen-bond acceptors (Lipinski definition) is 2. The zero-order valence-electron chi connectivity index (χ0n) is 8.81. The normalized spacial score (nSPS) is 14.1. The first kappa shape index (κ1) is 11.5. The highest BCUT2D eigenvalue weighted by molar-refractivity contribution is 5.66. The number of hydrogen-bond donors (Lipinski definition) is 0. The molecule has 0 spiro atoms. The highest BCUT2D eigenvalue weighted by atomic mass is 16.5. The Balaban J connectivity index is 4.23. The van der Waals surface area contributed by atoms with E-state index in [0.717, 1.165) is 12.8 Å². The van der Waals surface area contributed by atoms with Crippen molar-refractivity contribution < 1.29 is 9.53 Å². The summed E-state index contributed by atoms with van der Waals surface area (Å²) in [5, 5.41) is 0. The van der Waals surface area contributed by atoms with Gasteiger partial charge in [-0.1, -0.05) is 27.7 Å². The third kappa shape index (κ3) is 3.24. The maximum Gasteiger partial charge on any atom is 0.302 e. The van der Waals surface area contributed by atoms with E-state index in [1.807, 2.05) is 6.92 Å². The van der Waals surface area contributed by atoms with Crippen LogP contribution >= 0.6 is 0 Å². The van der Waals surface area contributed by atoms with E-state index < -0.39 is 0 Å². The van der Waals surface area contributed by atoms with Gasteiger partial charge in [0.1, 0.15) is 6.10 Å². The fraction of sp³-hybridized carbons (Fsp3) is 0.900. The summed E-state index contributed by atoms with van der Waals surface area (Å²) in [6.45, 7) is 9.89. The molecule has 0 radical (unpaired) electrons. The average molecular weight is 172 g/mol. The van der Waals surface area contributed by atoms with Crippen molar-refractivity contribution in [2.75, 3.05) is 0 Å². The molecule has 0 rings (SSSR count). The SMILES string of the molecule is CCC(OC(C)=O)C(C)(C)CC. The molecule has 0 saturated carbocycles. The van der Waals surface area contributed by atoms with Crippen LogP contribution in [0, 0.1) is 5.41 Å². The highest BCUT2D eigenvalue weighted by Crippen LogP contribution is 2.29. The molecule has 0 aliphatic heterocycles. The summed E-state index contributed by atoms with van der Waals surface area (Å²) < 4.78 is 5.22. The van der Waals surface area contributed by atoms with Crippen LogP contribution in [0.25, 0.3) is 0 Å². The highest BCUT2D eigenvalue weighted by Gasteiger charge is 2.28. The van der Waals surface area contributed by atoms with E-state index >= 15 is 0 Å². The summed E-state index contributed by atoms with van der Waals surface area (Å²) >= 11 is 0. The molecule has 0 aromatic rings. The number of carbonyl (C=O) groups excluding carboxylic acids is 1. The lowest BCUT2D eigenvalue weighted by atomic mass is 9.82. The Morgan fingerprint density at radius 3 is 2.17 bits per heavy atom. The van der Waals surface area contributed by atoms with Crippen LogP contribution in [0.2, 0.25) is 0 Å². The van der Waals surface area contributed by atoms with Gasteiger partial charge in [0, 0.05) is 12.3 Å². The van der Waals surface area contributed by atoms with Gasteiger partial charge in [0.2, 0.25) is 0 Å². The molecule has 0 aliphatic rings. The minimum atomic E-state index is -0.177. The van der Waals surface area contributed by atoms with Gasteiger partial charge < -0.3 is 4.74 Å². The largest absolute Gasteiger partial charge is 0.462 e. The first-order valence-electron chi connectivity index (χ1n) is 4.61. The molecular weight excluding hydrogens is 152 g/mol. The Morgan fingerprint density at radius 1 is 1.42 bits per heavy atom. The maximum absolute atomic E-state index is 10.8. The zero-order valence-corrected chi connectivity index (χ0v) is 8.81. The lowest BCUT2D eigenvalue weighted by Crippen LogP contribution is -2.32. The lowest BCUT2D eigenvalue weighted by Gasteiger charge is -2.31. The summed E-state index contributed by atoms with van der Waals surface area (Å²) in [4.78, 5) is 10.8. The third-order valence-corrected chi connectivity index (χ3v) is 2.46. The molecule has 0 saturated heterocycles. The van der Waals surface area contributed by atoms with Crippen LogP contribution < -0.4 is 0 Å². The second-order valence-electron chi connectivity index (χ2n) is 3.85. The van der Waals surface area contributed by atoms with Gasteiger partial charge in [-0.15, -0.1) is 0 Å². The van der Waals surface area contributed by atoms with E-state index in [9.17, 15) is 4.79 Å². The molecule has 0 fully saturated rings. The Bertz CT molecular complexity index is 150. The van der Waals surface area contributed by atoms with Gasteiger partial charge in [-0.25, -0.2) is 0 Å². The molecule has 0 amide bonds. The van der Waals surface area contributed by atoms with Gasteiger partial charge in [0.25, 0.3) is 0 Å². The Labute approximate surface area is 75.3 Å². The molecule has 2 nitrogen and oxygen atoms in total. The predicted octanol–water partition coefficient (Wildman–Crippen LogP) is 2.76. The van der Waals surface area contributed by atoms with Gasteiger partial charge in [-0.05, 0) is 12.8 Å². The molecule has 0 aromatic carbocycles. The average Bonchev–Trinajstić information content (AvgIpc) is 1.99. The Hall–Kier alpha value is -0.530. The Morgan fingerprint density at radius 2 is 1.92 bits per heavy atom. The minimum Gasteiger partial charge on any atom is -0.462 e. The monoisotopic (exact) mass is 172 g/mol. The molecule has 0 bridgehead atoms. The van der Waals surface area contributed by atoms with Crippen LogP contribution in [0.15, 0.2) is 0 Å². The van der Waals surface area contributed by atoms with Crippen molar-refractivity contribution in [1.82, 2.24) is 0 Å². The molecule has 1 unspecified atom stereocenters. The van der Waals surface area contributed by atoms with E-state index in [1.54, 1.807) is 0 Å². The molecule has 2 heteroatoms. The number of rotatable bonds is 4. The fourth-order valence-electron chi connectivity index (χ4n) is 1.22. The standard InChI is InChI=1S/C10H20O2/c1-6-9(12-8(3)11)10(4,5)7-2/h9H,6-7H2,1-5H3. The quantitative estimate of drug-likeness (QED) is 0.609. The molecule has 0 heterocycles. The summed E-state index contributed by atoms with van der Waals surface area (Å²) in [6.07, 6.45) is 1.97. The van der Waals surface area contributed by atoms with Crippen LogP contribution in [-0.2, 0) is 9.53 Å². The van der Waals surface area contributed by atoms with Crippen LogP contribution in [-0.4, -0.2) is 12.1 Å². The van der Waals surface area contributed by atoms with E-state index in [-0.39, 0.29) is 17.5 Å². The molecule has 1 atom stereocenters. The van der Waals surface area contributed by atoms with E-state index in [4.69, 9.17) is 4.74 Å². The fourth-order valence-corrected chi connectivity index (χ4v) is 1.22. The van der Waals surface area contributed by atoms with Crippen LogP contribution in [0.4, 0.5) is 0 Å². The zero-order chi connectivity index (χ0) is 9.78. The number of carbonyl (C=O) groups is 1. The molecule has 0 N–H and O–H groups in total. The van der Waals surface area contributed by atoms with Crippen LogP contribution in [0.1, 0.15) is 47.5 Å². The van der Waals surface area contributed by atoms with Crippen LogP contribution in [0.3, 0.4) is 0 Å². The van der Waals surface area contributed by atoms with Crippen molar-refractivity contribution in [3.63, 3.8) is 0 Å². The first-order valence-corrected chi connectivity index (χ1v) is 4.61. The van der Waals surface area contributed by atoms with Crippen molar-refractivity contribution in [2.45, 2.75) is 53.6 Å². The van der Waals surface area contributed by atoms with E-state index in [2.05, 4.69) is 20.8 Å². The second kappa shape index (κ2) is 4.48. The van der Waals surface area contributed by atoms with Crippen molar-refractivity contribution in [3.8, 4) is 0 Å². The lowest BCUT2D eigenvalue weighted by molar-refractivity contribution is -0.152. The minimum absolute atomic E-state index is 0.0556. The van der Waals surface area contributed by atoms with Gasteiger partial charge in [-0.3, -0.25) is 4.79 Å². The second-order valence-corrected chi connectivity index (χ2v) is 3.85. The number of esters is 1. The van der Waals surface area contributed by atoms with Crippen molar-refractivity contribution >= 4 is 5.97 Å². The molecule has 12 heavy (non-hydrogen) atoms. The van der Waals surface area contributed by atoms with Crippen molar-refractivity contribution in [2.24, 2.45) is 5.41 Å². The van der Waals surface area contributed by atoms with Crippen molar-refractivity contribution in [1.29, 1.82) is 0 Å². The van der Waals surface area contributed by atoms with E-state index in [0.29, 0.717) is 0 Å². The Kier molecular flexibility index (Phi) is 4.29. The van der Waals surface area contributed by atoms with Crippen molar-refractivity contribution in [3.05, 3.63) is 0 Å². The molecule has 0 aromatic heterocycles. The summed E-state index contributed by atoms with van der Waals surface area (Å²) in [5.74, 6) is -0.177. The predicted molar refractivity (Wildman–Crippen MR) is 49.9 cm³/mol. The van der Waals surface area contributed by atoms with Crippen LogP contribution in [0.5, 0.6) is 0 Å². The van der Waals surface area contributed by atoms with Gasteiger partial charge in [0.15, 0.2) is 0 Å². The summed E-state index contributed by atoms with van der Waals surface area (Å²) in [6, 6.07) is 0. The molecular formula is C10H20O2. The third-order valence-electron chi connectivity index (χ3n) is 2.46. The van der Waals surface area contributed by atoms with Gasteiger partial charge >= 0.3 is 5.97 Å². The summed E-state index contributed by atoms with van der Waals surface area (Å²) in [5.41, 5.74) is 0.0976. The summed E-state index contributed by atoms with van der Waals surface area (Å²) in [7, 11) is 0. The van der Waals surface area contributed by atoms with E-state index in [1.165, 1.54) is 6.92 Å². The molecule has 72 valence electrons.